The van der Waals surface area contributed by atoms with Crippen LogP contribution in [0.1, 0.15) is 26.2 Å². The third-order valence-corrected chi connectivity index (χ3v) is 5.08. The molecule has 1 fully saturated rings. The molecule has 0 saturated carbocycles. The number of carbonyl (C=O) groups is 1. The van der Waals surface area contributed by atoms with Crippen LogP contribution < -0.4 is 0 Å². The molecule has 0 amide bonds. The van der Waals surface area contributed by atoms with Gasteiger partial charge in [0.05, 0.1) is 5.25 Å². The highest BCUT2D eigenvalue weighted by Crippen LogP contribution is 2.19. The maximum absolute atomic E-state index is 12.2. The molecule has 0 radical (unpaired) electrons. The van der Waals surface area contributed by atoms with Crippen LogP contribution in [0, 0.1) is 0 Å². The molecule has 0 spiro atoms. The number of rotatable bonds is 6. The van der Waals surface area contributed by atoms with E-state index in [2.05, 4.69) is 0 Å². The van der Waals surface area contributed by atoms with Crippen LogP contribution in [0.3, 0.4) is 0 Å². The van der Waals surface area contributed by atoms with E-state index in [0.717, 1.165) is 4.31 Å². The number of sulfonamides is 1. The molecule has 0 atom stereocenters. The van der Waals surface area contributed by atoms with Gasteiger partial charge in [-0.25, -0.2) is 8.42 Å². The summed E-state index contributed by atoms with van der Waals surface area (Å²) < 4.78 is 30.6. The average molecular weight is 265 g/mol. The Morgan fingerprint density at radius 2 is 2.00 bits per heavy atom. The third kappa shape index (κ3) is 3.93. The van der Waals surface area contributed by atoms with Crippen molar-refractivity contribution in [3.05, 3.63) is 0 Å². The van der Waals surface area contributed by atoms with Crippen molar-refractivity contribution in [2.45, 2.75) is 31.4 Å². The molecule has 0 aromatic rings. The van der Waals surface area contributed by atoms with Gasteiger partial charge in [-0.2, -0.15) is 4.31 Å². The fraction of sp³-hybridized carbons (Fsp3) is 0.900. The number of hydrogen-bond acceptors (Lipinski definition) is 4. The van der Waals surface area contributed by atoms with E-state index in [0.29, 0.717) is 32.5 Å². The molecule has 17 heavy (non-hydrogen) atoms. The predicted octanol–water partition coefficient (Wildman–Crippen LogP) is 0.292. The smallest absolute Gasteiger partial charge is 0.318 e. The van der Waals surface area contributed by atoms with Crippen LogP contribution in [0.4, 0.5) is 0 Å². The van der Waals surface area contributed by atoms with Gasteiger partial charge < -0.3 is 9.84 Å². The van der Waals surface area contributed by atoms with E-state index in [9.17, 15) is 13.2 Å². The van der Waals surface area contributed by atoms with E-state index < -0.39 is 27.8 Å². The van der Waals surface area contributed by atoms with E-state index >= 15 is 0 Å². The van der Waals surface area contributed by atoms with Crippen LogP contribution in [0.5, 0.6) is 0 Å². The number of carboxylic acid groups (broad SMARTS) is 1. The van der Waals surface area contributed by atoms with Gasteiger partial charge in [-0.3, -0.25) is 4.79 Å². The summed E-state index contributed by atoms with van der Waals surface area (Å²) in [5.74, 6) is -1.12. The SMILES string of the molecule is CCCN(CC(=O)O)S(=O)(=O)C1CCOCC1. The summed E-state index contributed by atoms with van der Waals surface area (Å²) in [6.07, 6.45) is 1.50. The summed E-state index contributed by atoms with van der Waals surface area (Å²) in [5.41, 5.74) is 0. The standard InChI is InChI=1S/C10H19NO5S/c1-2-5-11(8-10(12)13)17(14,15)9-3-6-16-7-4-9/h9H,2-8H2,1H3,(H,12,13). The maximum atomic E-state index is 12.2. The second-order valence-electron chi connectivity index (χ2n) is 4.08. The van der Waals surface area contributed by atoms with Gasteiger partial charge in [0, 0.05) is 19.8 Å². The van der Waals surface area contributed by atoms with Crippen LogP contribution in [-0.4, -0.2) is 55.4 Å². The molecule has 100 valence electrons. The van der Waals surface area contributed by atoms with Crippen LogP contribution >= 0.6 is 0 Å². The number of ether oxygens (including phenoxy) is 1. The summed E-state index contributed by atoms with van der Waals surface area (Å²) in [4.78, 5) is 10.7. The Morgan fingerprint density at radius 1 is 1.41 bits per heavy atom. The lowest BCUT2D eigenvalue weighted by Crippen LogP contribution is -2.44. The Hall–Kier alpha value is -0.660. The fourth-order valence-electron chi connectivity index (χ4n) is 1.88. The minimum absolute atomic E-state index is 0.256. The first kappa shape index (κ1) is 14.4. The van der Waals surface area contributed by atoms with Crippen LogP contribution in [0.2, 0.25) is 0 Å². The zero-order chi connectivity index (χ0) is 12.9. The van der Waals surface area contributed by atoms with Gasteiger partial charge in [-0.05, 0) is 19.3 Å². The molecule has 1 rings (SSSR count). The van der Waals surface area contributed by atoms with E-state index in [4.69, 9.17) is 9.84 Å². The molecule has 0 aromatic heterocycles. The molecule has 6 nitrogen and oxygen atoms in total. The van der Waals surface area contributed by atoms with Crippen LogP contribution in [0.25, 0.3) is 0 Å². The Morgan fingerprint density at radius 3 is 2.47 bits per heavy atom. The molecule has 0 unspecified atom stereocenters. The molecule has 0 bridgehead atoms. The monoisotopic (exact) mass is 265 g/mol. The average Bonchev–Trinajstić information content (AvgIpc) is 2.29. The van der Waals surface area contributed by atoms with Crippen LogP contribution in [-0.2, 0) is 19.6 Å². The van der Waals surface area contributed by atoms with E-state index in [1.807, 2.05) is 6.92 Å². The first-order chi connectivity index (χ1) is 7.98. The molecule has 1 saturated heterocycles. The Balaban J connectivity index is 2.78. The van der Waals surface area contributed by atoms with Crippen molar-refractivity contribution >= 4 is 16.0 Å². The maximum Gasteiger partial charge on any atom is 0.318 e. The van der Waals surface area contributed by atoms with Crippen LogP contribution in [0.15, 0.2) is 0 Å². The van der Waals surface area contributed by atoms with Crippen molar-refractivity contribution in [1.82, 2.24) is 4.31 Å². The Kier molecular flexibility index (Phi) is 5.35. The Labute approximate surface area is 102 Å². The minimum atomic E-state index is -3.51. The molecule has 0 aliphatic carbocycles. The summed E-state index contributed by atoms with van der Waals surface area (Å²) in [6.45, 7) is 2.49. The predicted molar refractivity (Wildman–Crippen MR) is 62.3 cm³/mol. The Bertz CT molecular complexity index is 348. The quantitative estimate of drug-likeness (QED) is 0.746. The van der Waals surface area contributed by atoms with Gasteiger partial charge in [0.15, 0.2) is 0 Å². The fourth-order valence-corrected chi connectivity index (χ4v) is 3.82. The highest BCUT2D eigenvalue weighted by molar-refractivity contribution is 7.89. The summed E-state index contributed by atoms with van der Waals surface area (Å²) in [7, 11) is -3.51. The van der Waals surface area contributed by atoms with Crippen molar-refractivity contribution in [3.8, 4) is 0 Å². The lowest BCUT2D eigenvalue weighted by Gasteiger charge is -2.28. The van der Waals surface area contributed by atoms with Gasteiger partial charge in [-0.15, -0.1) is 0 Å². The highest BCUT2D eigenvalue weighted by atomic mass is 32.2. The normalized spacial score (nSPS) is 18.5. The van der Waals surface area contributed by atoms with Crippen molar-refractivity contribution < 1.29 is 23.1 Å². The van der Waals surface area contributed by atoms with Gasteiger partial charge >= 0.3 is 5.97 Å². The summed E-state index contributed by atoms with van der Waals surface area (Å²) in [6, 6.07) is 0. The van der Waals surface area contributed by atoms with Crippen molar-refractivity contribution in [2.24, 2.45) is 0 Å². The highest BCUT2D eigenvalue weighted by Gasteiger charge is 2.33. The molecular weight excluding hydrogens is 246 g/mol. The molecule has 1 N–H and O–H groups in total. The largest absolute Gasteiger partial charge is 0.480 e. The topological polar surface area (TPSA) is 83.9 Å². The first-order valence-corrected chi connectivity index (χ1v) is 7.27. The number of carboxylic acids is 1. The number of hydrogen-bond donors (Lipinski definition) is 1. The van der Waals surface area contributed by atoms with Gasteiger partial charge in [-0.1, -0.05) is 6.92 Å². The molecule has 1 aliphatic rings. The van der Waals surface area contributed by atoms with E-state index in [-0.39, 0.29) is 6.54 Å². The van der Waals surface area contributed by atoms with Crippen molar-refractivity contribution in [2.75, 3.05) is 26.3 Å². The molecule has 1 aliphatic heterocycles. The molecule has 1 heterocycles. The second-order valence-corrected chi connectivity index (χ2v) is 6.30. The van der Waals surface area contributed by atoms with Gasteiger partial charge in [0.1, 0.15) is 6.54 Å². The van der Waals surface area contributed by atoms with Crippen molar-refractivity contribution in [1.29, 1.82) is 0 Å². The van der Waals surface area contributed by atoms with Crippen molar-refractivity contribution in [3.63, 3.8) is 0 Å². The van der Waals surface area contributed by atoms with E-state index in [1.165, 1.54) is 0 Å². The zero-order valence-electron chi connectivity index (χ0n) is 9.96. The molecule has 0 aromatic carbocycles. The number of aliphatic carboxylic acids is 1. The third-order valence-electron chi connectivity index (χ3n) is 2.73. The molecular formula is C10H19NO5S. The number of nitrogens with zero attached hydrogens (tertiary/aromatic N) is 1. The minimum Gasteiger partial charge on any atom is -0.480 e. The summed E-state index contributed by atoms with van der Waals surface area (Å²) in [5, 5.41) is 8.24. The molecule has 7 heteroatoms. The summed E-state index contributed by atoms with van der Waals surface area (Å²) >= 11 is 0. The van der Waals surface area contributed by atoms with E-state index in [1.54, 1.807) is 0 Å². The first-order valence-electron chi connectivity index (χ1n) is 5.77. The lowest BCUT2D eigenvalue weighted by atomic mass is 10.2. The van der Waals surface area contributed by atoms with Gasteiger partial charge in [0.25, 0.3) is 0 Å². The lowest BCUT2D eigenvalue weighted by molar-refractivity contribution is -0.137. The second kappa shape index (κ2) is 6.32. The van der Waals surface area contributed by atoms with Gasteiger partial charge in [0.2, 0.25) is 10.0 Å². The zero-order valence-corrected chi connectivity index (χ0v) is 10.8.